The topological polar surface area (TPSA) is 49.3 Å². The van der Waals surface area contributed by atoms with Crippen molar-refractivity contribution in [3.05, 3.63) is 18.1 Å². The van der Waals surface area contributed by atoms with Gasteiger partial charge in [0.2, 0.25) is 0 Å². The molecule has 1 aromatic rings. The lowest BCUT2D eigenvalue weighted by molar-refractivity contribution is 0.276. The number of hydrogen-bond acceptors (Lipinski definition) is 4. The molecule has 1 fully saturated rings. The summed E-state index contributed by atoms with van der Waals surface area (Å²) in [4.78, 5) is 10.7. The van der Waals surface area contributed by atoms with Gasteiger partial charge in [0.25, 0.3) is 0 Å². The third-order valence-corrected chi connectivity index (χ3v) is 2.78. The first-order chi connectivity index (χ1) is 7.40. The van der Waals surface area contributed by atoms with E-state index >= 15 is 0 Å². The average Bonchev–Trinajstić information content (AvgIpc) is 2.58. The first-order valence-corrected chi connectivity index (χ1v) is 5.57. The summed E-state index contributed by atoms with van der Waals surface area (Å²) in [5.41, 5.74) is 0.633. The zero-order valence-corrected chi connectivity index (χ0v) is 8.89. The van der Waals surface area contributed by atoms with Crippen molar-refractivity contribution in [2.24, 2.45) is 0 Å². The molecule has 2 heterocycles. The molecular weight excluding hydrogens is 190 g/mol. The number of aliphatic hydroxyl groups is 1. The van der Waals surface area contributed by atoms with E-state index in [1.54, 1.807) is 12.4 Å². The number of aliphatic hydroxyl groups excluding tert-OH is 1. The smallest absolute Gasteiger partial charge is 0.147 e. The molecule has 0 amide bonds. The molecule has 4 heteroatoms. The minimum Gasteiger partial charge on any atom is -0.390 e. The fraction of sp³-hybridized carbons (Fsp3) is 0.636. The highest BCUT2D eigenvalue weighted by Crippen LogP contribution is 2.16. The molecule has 0 spiro atoms. The molecule has 82 valence electrons. The molecule has 15 heavy (non-hydrogen) atoms. The predicted octanol–water partition coefficient (Wildman–Crippen LogP) is 1.35. The van der Waals surface area contributed by atoms with E-state index < -0.39 is 0 Å². The average molecular weight is 207 g/mol. The highest BCUT2D eigenvalue weighted by molar-refractivity contribution is 5.35. The molecule has 0 radical (unpaired) electrons. The predicted molar refractivity (Wildman–Crippen MR) is 58.6 cm³/mol. The van der Waals surface area contributed by atoms with Crippen LogP contribution in [0.2, 0.25) is 0 Å². The van der Waals surface area contributed by atoms with Crippen molar-refractivity contribution in [1.82, 2.24) is 9.97 Å². The zero-order chi connectivity index (χ0) is 10.5. The van der Waals surface area contributed by atoms with Gasteiger partial charge in [0.1, 0.15) is 5.82 Å². The monoisotopic (exact) mass is 207 g/mol. The molecule has 0 saturated carbocycles. The van der Waals surface area contributed by atoms with Crippen LogP contribution in [0.3, 0.4) is 0 Å². The Labute approximate surface area is 90.0 Å². The second-order valence-corrected chi connectivity index (χ2v) is 3.93. The lowest BCUT2D eigenvalue weighted by atomic mass is 10.2. The van der Waals surface area contributed by atoms with E-state index in [9.17, 15) is 0 Å². The molecule has 4 nitrogen and oxygen atoms in total. The van der Waals surface area contributed by atoms with Gasteiger partial charge in [0.15, 0.2) is 0 Å². The number of hydrogen-bond donors (Lipinski definition) is 1. The summed E-state index contributed by atoms with van der Waals surface area (Å²) in [6.45, 7) is 2.12. The molecule has 1 saturated heterocycles. The number of nitrogens with zero attached hydrogens (tertiary/aromatic N) is 3. The molecule has 0 atom stereocenters. The molecule has 0 aromatic carbocycles. The van der Waals surface area contributed by atoms with Crippen molar-refractivity contribution in [2.75, 3.05) is 18.0 Å². The van der Waals surface area contributed by atoms with Crippen LogP contribution in [0.4, 0.5) is 5.82 Å². The maximum Gasteiger partial charge on any atom is 0.147 e. The van der Waals surface area contributed by atoms with Gasteiger partial charge < -0.3 is 10.0 Å². The zero-order valence-electron chi connectivity index (χ0n) is 8.89. The molecule has 0 bridgehead atoms. The normalized spacial score (nSPS) is 17.5. The van der Waals surface area contributed by atoms with Gasteiger partial charge in [0, 0.05) is 13.1 Å². The Morgan fingerprint density at radius 2 is 1.80 bits per heavy atom. The van der Waals surface area contributed by atoms with Gasteiger partial charge in [-0.3, -0.25) is 4.98 Å². The van der Waals surface area contributed by atoms with Crippen LogP contribution in [0.1, 0.15) is 31.4 Å². The lowest BCUT2D eigenvalue weighted by Gasteiger charge is -2.20. The largest absolute Gasteiger partial charge is 0.390 e. The van der Waals surface area contributed by atoms with Crippen LogP contribution >= 0.6 is 0 Å². The number of anilines is 1. The Morgan fingerprint density at radius 3 is 2.33 bits per heavy atom. The molecule has 2 rings (SSSR count). The Morgan fingerprint density at radius 1 is 1.07 bits per heavy atom. The van der Waals surface area contributed by atoms with Crippen molar-refractivity contribution in [3.63, 3.8) is 0 Å². The van der Waals surface area contributed by atoms with E-state index in [-0.39, 0.29) is 6.61 Å². The van der Waals surface area contributed by atoms with E-state index in [4.69, 9.17) is 5.11 Å². The van der Waals surface area contributed by atoms with Crippen molar-refractivity contribution in [2.45, 2.75) is 32.3 Å². The van der Waals surface area contributed by atoms with Gasteiger partial charge in [-0.2, -0.15) is 0 Å². The Bertz CT molecular complexity index is 291. The first-order valence-electron chi connectivity index (χ1n) is 5.57. The third-order valence-electron chi connectivity index (χ3n) is 2.78. The van der Waals surface area contributed by atoms with E-state index in [0.717, 1.165) is 18.9 Å². The van der Waals surface area contributed by atoms with Crippen LogP contribution in [0.25, 0.3) is 0 Å². The number of aromatic nitrogens is 2. The van der Waals surface area contributed by atoms with Gasteiger partial charge >= 0.3 is 0 Å². The fourth-order valence-electron chi connectivity index (χ4n) is 1.89. The summed E-state index contributed by atoms with van der Waals surface area (Å²) in [5.74, 6) is 0.939. The highest BCUT2D eigenvalue weighted by Gasteiger charge is 2.10. The first kappa shape index (κ1) is 10.4. The van der Waals surface area contributed by atoms with Gasteiger partial charge in [-0.1, -0.05) is 12.8 Å². The summed E-state index contributed by atoms with van der Waals surface area (Å²) in [6, 6.07) is 0. The summed E-state index contributed by atoms with van der Waals surface area (Å²) in [7, 11) is 0. The van der Waals surface area contributed by atoms with Gasteiger partial charge in [-0.25, -0.2) is 4.98 Å². The van der Waals surface area contributed by atoms with Crippen LogP contribution in [0, 0.1) is 0 Å². The molecule has 1 aromatic heterocycles. The Kier molecular flexibility index (Phi) is 3.50. The fourth-order valence-corrected chi connectivity index (χ4v) is 1.89. The van der Waals surface area contributed by atoms with Gasteiger partial charge in [0.05, 0.1) is 24.7 Å². The van der Waals surface area contributed by atoms with E-state index in [1.807, 2.05) is 0 Å². The van der Waals surface area contributed by atoms with Crippen LogP contribution in [-0.2, 0) is 6.61 Å². The van der Waals surface area contributed by atoms with E-state index in [2.05, 4.69) is 14.9 Å². The molecule has 1 aliphatic rings. The molecule has 0 aliphatic carbocycles. The van der Waals surface area contributed by atoms with Gasteiger partial charge in [-0.05, 0) is 12.8 Å². The third kappa shape index (κ3) is 2.65. The highest BCUT2D eigenvalue weighted by atomic mass is 16.3. The van der Waals surface area contributed by atoms with Crippen LogP contribution < -0.4 is 4.90 Å². The maximum absolute atomic E-state index is 8.87. The quantitative estimate of drug-likeness (QED) is 0.795. The Balaban J connectivity index is 2.06. The Hall–Kier alpha value is -1.16. The van der Waals surface area contributed by atoms with Crippen molar-refractivity contribution in [3.8, 4) is 0 Å². The summed E-state index contributed by atoms with van der Waals surface area (Å²) >= 11 is 0. The summed E-state index contributed by atoms with van der Waals surface area (Å²) in [5, 5.41) is 8.87. The maximum atomic E-state index is 8.87. The van der Waals surface area contributed by atoms with E-state index in [1.165, 1.54) is 25.7 Å². The molecule has 1 aliphatic heterocycles. The van der Waals surface area contributed by atoms with Crippen molar-refractivity contribution < 1.29 is 5.11 Å². The SMILES string of the molecule is OCc1cnc(N2CCCCCC2)cn1. The van der Waals surface area contributed by atoms with Crippen molar-refractivity contribution >= 4 is 5.82 Å². The summed E-state index contributed by atoms with van der Waals surface area (Å²) in [6.07, 6.45) is 8.53. The number of rotatable bonds is 2. The van der Waals surface area contributed by atoms with Crippen LogP contribution in [0.5, 0.6) is 0 Å². The van der Waals surface area contributed by atoms with Gasteiger partial charge in [-0.15, -0.1) is 0 Å². The minimum atomic E-state index is -0.0344. The summed E-state index contributed by atoms with van der Waals surface area (Å²) < 4.78 is 0. The lowest BCUT2D eigenvalue weighted by Crippen LogP contribution is -2.25. The molecular formula is C11H17N3O. The second kappa shape index (κ2) is 5.07. The van der Waals surface area contributed by atoms with E-state index in [0.29, 0.717) is 5.69 Å². The van der Waals surface area contributed by atoms with Crippen LogP contribution in [0.15, 0.2) is 12.4 Å². The van der Waals surface area contributed by atoms with Crippen molar-refractivity contribution in [1.29, 1.82) is 0 Å². The molecule has 0 unspecified atom stereocenters. The minimum absolute atomic E-state index is 0.0344. The van der Waals surface area contributed by atoms with Crippen LogP contribution in [-0.4, -0.2) is 28.2 Å². The standard InChI is InChI=1S/C11H17N3O/c15-9-10-7-13-11(8-12-10)14-5-3-1-2-4-6-14/h7-8,15H,1-6,9H2. The second-order valence-electron chi connectivity index (χ2n) is 3.93. The molecule has 1 N–H and O–H groups in total.